The number of nitrogens with one attached hydrogen (secondary N) is 1. The molecule has 0 spiro atoms. The molecule has 3 rings (SSSR count). The van der Waals surface area contributed by atoms with Gasteiger partial charge in [-0.05, 0) is 36.4 Å². The molecule has 3 N–H and O–H groups in total. The Kier molecular flexibility index (Phi) is 3.53. The third-order valence-corrected chi connectivity index (χ3v) is 2.94. The summed E-state index contributed by atoms with van der Waals surface area (Å²) in [4.78, 5) is 11.2. The fourth-order valence-electron chi connectivity index (χ4n) is 1.95. The lowest BCUT2D eigenvalue weighted by molar-refractivity contribution is 0.0996. The molecule has 0 fully saturated rings. The summed E-state index contributed by atoms with van der Waals surface area (Å²) in [7, 11) is 0. The van der Waals surface area contributed by atoms with E-state index in [1.165, 1.54) is 12.1 Å². The highest BCUT2D eigenvalue weighted by atomic mass is 19.1. The summed E-state index contributed by atoms with van der Waals surface area (Å²) in [5, 5.41) is 9.98. The van der Waals surface area contributed by atoms with E-state index in [2.05, 4.69) is 15.4 Å². The number of carbonyl (C=O) groups excluding carboxylic acids is 1. The van der Waals surface area contributed by atoms with Crippen LogP contribution in [-0.2, 0) is 0 Å². The van der Waals surface area contributed by atoms with Crippen molar-refractivity contribution in [2.24, 2.45) is 5.73 Å². The number of hydrogen-bond acceptors (Lipinski definition) is 4. The minimum Gasteiger partial charge on any atom is -0.457 e. The number of H-pyrrole nitrogens is 1. The number of amides is 1. The number of aromatic nitrogens is 3. The summed E-state index contributed by atoms with van der Waals surface area (Å²) in [5.41, 5.74) is 6.32. The molecule has 1 heterocycles. The fourth-order valence-corrected chi connectivity index (χ4v) is 1.95. The van der Waals surface area contributed by atoms with Crippen LogP contribution in [0.1, 0.15) is 10.5 Å². The molecule has 22 heavy (non-hydrogen) atoms. The van der Waals surface area contributed by atoms with Crippen molar-refractivity contribution in [2.45, 2.75) is 0 Å². The van der Waals surface area contributed by atoms with Crippen LogP contribution in [0.25, 0.3) is 11.3 Å². The molecular formula is C15H11FN4O2. The minimum absolute atomic E-state index is 0.0683. The topological polar surface area (TPSA) is 93.9 Å². The van der Waals surface area contributed by atoms with Crippen molar-refractivity contribution in [3.63, 3.8) is 0 Å². The molecule has 0 aliphatic rings. The van der Waals surface area contributed by atoms with Gasteiger partial charge in [-0.2, -0.15) is 15.4 Å². The number of hydrogen-bond donors (Lipinski definition) is 2. The van der Waals surface area contributed by atoms with E-state index >= 15 is 0 Å². The summed E-state index contributed by atoms with van der Waals surface area (Å²) < 4.78 is 18.6. The summed E-state index contributed by atoms with van der Waals surface area (Å²) in [6.07, 6.45) is 0. The van der Waals surface area contributed by atoms with Crippen molar-refractivity contribution in [3.05, 3.63) is 60.0 Å². The van der Waals surface area contributed by atoms with E-state index in [0.29, 0.717) is 22.8 Å². The van der Waals surface area contributed by atoms with E-state index in [0.717, 1.165) is 0 Å². The second-order valence-electron chi connectivity index (χ2n) is 4.47. The number of carbonyl (C=O) groups is 1. The van der Waals surface area contributed by atoms with Gasteiger partial charge in [-0.3, -0.25) is 4.79 Å². The monoisotopic (exact) mass is 298 g/mol. The maximum absolute atomic E-state index is 13.1. The first-order valence-corrected chi connectivity index (χ1v) is 6.38. The van der Waals surface area contributed by atoms with Crippen LogP contribution in [0.4, 0.5) is 4.39 Å². The van der Waals surface area contributed by atoms with Gasteiger partial charge < -0.3 is 10.5 Å². The lowest BCUT2D eigenvalue weighted by atomic mass is 10.1. The van der Waals surface area contributed by atoms with E-state index in [-0.39, 0.29) is 11.5 Å². The normalized spacial score (nSPS) is 10.4. The van der Waals surface area contributed by atoms with Gasteiger partial charge >= 0.3 is 0 Å². The maximum atomic E-state index is 13.1. The van der Waals surface area contributed by atoms with Crippen LogP contribution in [-0.4, -0.2) is 21.3 Å². The molecule has 1 aromatic heterocycles. The van der Waals surface area contributed by atoms with Gasteiger partial charge in [0, 0.05) is 11.6 Å². The van der Waals surface area contributed by atoms with Crippen molar-refractivity contribution in [3.8, 4) is 22.8 Å². The van der Waals surface area contributed by atoms with Crippen LogP contribution in [0, 0.1) is 5.82 Å². The molecule has 0 unspecified atom stereocenters. The summed E-state index contributed by atoms with van der Waals surface area (Å²) >= 11 is 0. The number of benzene rings is 2. The number of rotatable bonds is 4. The molecule has 0 atom stereocenters. The largest absolute Gasteiger partial charge is 0.457 e. The molecule has 6 nitrogen and oxygen atoms in total. The predicted molar refractivity (Wildman–Crippen MR) is 76.8 cm³/mol. The second-order valence-corrected chi connectivity index (χ2v) is 4.47. The number of nitrogens with zero attached hydrogens (tertiary/aromatic N) is 2. The van der Waals surface area contributed by atoms with Crippen LogP contribution < -0.4 is 10.5 Å². The molecule has 1 amide bonds. The predicted octanol–water partition coefficient (Wildman–Crippen LogP) is 2.50. The van der Waals surface area contributed by atoms with E-state index in [4.69, 9.17) is 10.5 Å². The molecule has 0 radical (unpaired) electrons. The zero-order chi connectivity index (χ0) is 15.5. The number of primary amides is 1. The van der Waals surface area contributed by atoms with E-state index in [9.17, 15) is 9.18 Å². The maximum Gasteiger partial charge on any atom is 0.271 e. The number of halogens is 1. The fraction of sp³-hybridized carbons (Fsp3) is 0. The Morgan fingerprint density at radius 2 is 1.86 bits per heavy atom. The Morgan fingerprint density at radius 1 is 1.09 bits per heavy atom. The first-order chi connectivity index (χ1) is 10.6. The molecule has 7 heteroatoms. The lowest BCUT2D eigenvalue weighted by Crippen LogP contribution is -2.12. The van der Waals surface area contributed by atoms with Crippen molar-refractivity contribution in [1.29, 1.82) is 0 Å². The number of nitrogens with two attached hydrogens (primary N) is 1. The van der Waals surface area contributed by atoms with Crippen LogP contribution >= 0.6 is 0 Å². The number of aromatic amines is 1. The van der Waals surface area contributed by atoms with Crippen molar-refractivity contribution in [1.82, 2.24) is 15.4 Å². The number of ether oxygens (including phenoxy) is 1. The Hall–Kier alpha value is -3.22. The lowest BCUT2D eigenvalue weighted by Gasteiger charge is -2.06. The third kappa shape index (κ3) is 2.78. The van der Waals surface area contributed by atoms with E-state index in [1.807, 2.05) is 0 Å². The van der Waals surface area contributed by atoms with Gasteiger partial charge in [0.1, 0.15) is 23.0 Å². The van der Waals surface area contributed by atoms with Gasteiger partial charge in [-0.15, -0.1) is 0 Å². The Labute approximate surface area is 124 Å². The summed E-state index contributed by atoms with van der Waals surface area (Å²) in [6.45, 7) is 0. The van der Waals surface area contributed by atoms with Gasteiger partial charge in [0.15, 0.2) is 5.69 Å². The van der Waals surface area contributed by atoms with Crippen LogP contribution in [0.15, 0.2) is 48.5 Å². The summed E-state index contributed by atoms with van der Waals surface area (Å²) in [5.74, 6) is -0.114. The smallest absolute Gasteiger partial charge is 0.271 e. The first-order valence-electron chi connectivity index (χ1n) is 6.38. The quantitative estimate of drug-likeness (QED) is 0.773. The van der Waals surface area contributed by atoms with Gasteiger partial charge in [0.05, 0.1) is 0 Å². The summed E-state index contributed by atoms with van der Waals surface area (Å²) in [6, 6.07) is 12.6. The molecular weight excluding hydrogens is 287 g/mol. The van der Waals surface area contributed by atoms with E-state index in [1.54, 1.807) is 36.4 Å². The molecule has 0 aliphatic carbocycles. The van der Waals surface area contributed by atoms with Gasteiger partial charge in [0.25, 0.3) is 5.91 Å². The Morgan fingerprint density at radius 3 is 2.55 bits per heavy atom. The molecule has 0 bridgehead atoms. The van der Waals surface area contributed by atoms with Gasteiger partial charge in [-0.1, -0.05) is 6.07 Å². The van der Waals surface area contributed by atoms with E-state index < -0.39 is 5.91 Å². The Balaban J connectivity index is 1.84. The molecule has 2 aromatic carbocycles. The van der Waals surface area contributed by atoms with Crippen molar-refractivity contribution in [2.75, 3.05) is 0 Å². The Bertz CT molecular complexity index is 814. The average molecular weight is 298 g/mol. The zero-order valence-electron chi connectivity index (χ0n) is 11.3. The van der Waals surface area contributed by atoms with Crippen LogP contribution in [0.3, 0.4) is 0 Å². The molecule has 0 aliphatic heterocycles. The zero-order valence-corrected chi connectivity index (χ0v) is 11.3. The molecule has 3 aromatic rings. The van der Waals surface area contributed by atoms with Crippen LogP contribution in [0.5, 0.6) is 11.5 Å². The van der Waals surface area contributed by atoms with Crippen LogP contribution in [0.2, 0.25) is 0 Å². The van der Waals surface area contributed by atoms with Gasteiger partial charge in [-0.25, -0.2) is 4.39 Å². The minimum atomic E-state index is -0.663. The van der Waals surface area contributed by atoms with Gasteiger partial charge in [0.2, 0.25) is 0 Å². The average Bonchev–Trinajstić information content (AvgIpc) is 2.98. The first kappa shape index (κ1) is 13.7. The third-order valence-electron chi connectivity index (χ3n) is 2.94. The standard InChI is InChI=1S/C15H11FN4O2/c16-10-2-1-3-12(8-10)22-11-6-4-9(5-7-11)13-14(15(17)21)19-20-18-13/h1-8H,(H2,17,21)(H,18,19,20). The molecule has 0 saturated carbocycles. The van der Waals surface area contributed by atoms with Crippen molar-refractivity contribution >= 4 is 5.91 Å². The molecule has 0 saturated heterocycles. The second kappa shape index (κ2) is 5.65. The highest BCUT2D eigenvalue weighted by Gasteiger charge is 2.14. The highest BCUT2D eigenvalue weighted by molar-refractivity contribution is 5.96. The highest BCUT2D eigenvalue weighted by Crippen LogP contribution is 2.26. The molecule has 110 valence electrons. The van der Waals surface area contributed by atoms with Crippen molar-refractivity contribution < 1.29 is 13.9 Å². The SMILES string of the molecule is NC(=O)c1n[nH]nc1-c1ccc(Oc2cccc(F)c2)cc1.